The van der Waals surface area contributed by atoms with Crippen LogP contribution < -0.4 is 0 Å². The molecule has 0 fully saturated rings. The summed E-state index contributed by atoms with van der Waals surface area (Å²) in [4.78, 5) is 38.6. The first-order valence-corrected chi connectivity index (χ1v) is 17.6. The number of carbonyl (C=O) groups excluding carboxylic acids is 3. The predicted molar refractivity (Wildman–Crippen MR) is 190 cm³/mol. The lowest BCUT2D eigenvalue weighted by Gasteiger charge is -2.44. The molecule has 3 aromatic rings. The average Bonchev–Trinajstić information content (AvgIpc) is 3.09. The largest absolute Gasteiger partial charge is 0.469 e. The molecule has 0 radical (unpaired) electrons. The lowest BCUT2D eigenvalue weighted by Crippen LogP contribution is -2.43. The Labute approximate surface area is 285 Å². The van der Waals surface area contributed by atoms with Gasteiger partial charge in [0.25, 0.3) is 0 Å². The summed E-state index contributed by atoms with van der Waals surface area (Å²) in [7, 11) is 1.36. The van der Waals surface area contributed by atoms with E-state index in [9.17, 15) is 19.5 Å². The van der Waals surface area contributed by atoms with Crippen LogP contribution >= 0.6 is 11.8 Å². The molecule has 0 amide bonds. The first-order chi connectivity index (χ1) is 22.4. The Kier molecular flexibility index (Phi) is 14.7. The summed E-state index contributed by atoms with van der Waals surface area (Å²) in [5.74, 6) is -0.681. The highest BCUT2D eigenvalue weighted by atomic mass is 32.2. The number of methoxy groups -OCH3 is 1. The zero-order chi connectivity index (χ0) is 34.5. The van der Waals surface area contributed by atoms with Crippen LogP contribution in [0.2, 0.25) is 0 Å². The van der Waals surface area contributed by atoms with Crippen LogP contribution in [-0.4, -0.2) is 47.7 Å². The number of carbonyl (C=O) groups is 3. The van der Waals surface area contributed by atoms with Gasteiger partial charge in [0.2, 0.25) is 0 Å². The molecule has 3 rings (SSSR count). The van der Waals surface area contributed by atoms with E-state index in [1.165, 1.54) is 19.6 Å². The number of benzene rings is 3. The molecule has 0 spiro atoms. The second kappa shape index (κ2) is 18.2. The summed E-state index contributed by atoms with van der Waals surface area (Å²) in [6, 6.07) is 31.3. The second-order valence-electron chi connectivity index (χ2n) is 13.3. The molecule has 5 unspecified atom stereocenters. The van der Waals surface area contributed by atoms with Gasteiger partial charge >= 0.3 is 11.9 Å². The molecule has 7 heteroatoms. The molecule has 47 heavy (non-hydrogen) atoms. The molecular formula is C40H52O6S. The van der Waals surface area contributed by atoms with E-state index < -0.39 is 34.8 Å². The van der Waals surface area contributed by atoms with E-state index >= 15 is 0 Å². The van der Waals surface area contributed by atoms with E-state index in [-0.39, 0.29) is 29.8 Å². The number of esters is 2. The quantitative estimate of drug-likeness (QED) is 0.137. The van der Waals surface area contributed by atoms with Crippen molar-refractivity contribution in [3.63, 3.8) is 0 Å². The van der Waals surface area contributed by atoms with Gasteiger partial charge in [-0.3, -0.25) is 14.4 Å². The Morgan fingerprint density at radius 3 is 1.87 bits per heavy atom. The smallest absolute Gasteiger partial charge is 0.311 e. The molecule has 1 N–H and O–H groups in total. The molecule has 0 saturated carbocycles. The number of rotatable bonds is 18. The number of ether oxygens (including phenoxy) is 2. The summed E-state index contributed by atoms with van der Waals surface area (Å²) in [5, 5.41) is 10.4. The second-order valence-corrected chi connectivity index (χ2v) is 14.5. The van der Waals surface area contributed by atoms with Gasteiger partial charge in [-0.1, -0.05) is 130 Å². The molecule has 0 heterocycles. The van der Waals surface area contributed by atoms with E-state index in [1.54, 1.807) is 6.92 Å². The van der Waals surface area contributed by atoms with Crippen molar-refractivity contribution in [2.75, 3.05) is 19.5 Å². The molecule has 0 aromatic heterocycles. The highest BCUT2D eigenvalue weighted by Gasteiger charge is 2.48. The molecule has 6 nitrogen and oxygen atoms in total. The lowest BCUT2D eigenvalue weighted by molar-refractivity contribution is -0.161. The molecule has 0 aliphatic heterocycles. The van der Waals surface area contributed by atoms with Gasteiger partial charge in [0.15, 0.2) is 5.12 Å². The summed E-state index contributed by atoms with van der Waals surface area (Å²) in [6.45, 7) is 9.35. The predicted octanol–water partition coefficient (Wildman–Crippen LogP) is 8.36. The molecule has 254 valence electrons. The lowest BCUT2D eigenvalue weighted by atomic mass is 9.59. The Morgan fingerprint density at radius 2 is 1.38 bits per heavy atom. The van der Waals surface area contributed by atoms with E-state index in [4.69, 9.17) is 9.47 Å². The van der Waals surface area contributed by atoms with Gasteiger partial charge in [0.05, 0.1) is 24.5 Å². The number of hydrogen-bond donors (Lipinski definition) is 1. The Morgan fingerprint density at radius 1 is 0.851 bits per heavy atom. The maximum Gasteiger partial charge on any atom is 0.311 e. The van der Waals surface area contributed by atoms with Gasteiger partial charge in [-0.15, -0.1) is 0 Å². The zero-order valence-corrected chi connectivity index (χ0v) is 29.6. The minimum Gasteiger partial charge on any atom is -0.469 e. The van der Waals surface area contributed by atoms with Gasteiger partial charge in [0.1, 0.15) is 6.61 Å². The normalized spacial score (nSPS) is 15.5. The van der Waals surface area contributed by atoms with Crippen molar-refractivity contribution in [1.82, 2.24) is 0 Å². The van der Waals surface area contributed by atoms with Gasteiger partial charge in [-0.25, -0.2) is 0 Å². The summed E-state index contributed by atoms with van der Waals surface area (Å²) >= 11 is 0.991. The number of hydrogen-bond acceptors (Lipinski definition) is 7. The van der Waals surface area contributed by atoms with Crippen molar-refractivity contribution in [2.24, 2.45) is 17.3 Å². The highest BCUT2D eigenvalue weighted by Crippen LogP contribution is 2.51. The molecule has 0 bridgehead atoms. The first-order valence-electron chi connectivity index (χ1n) is 16.7. The summed E-state index contributed by atoms with van der Waals surface area (Å²) < 4.78 is 10.9. The first kappa shape index (κ1) is 38.0. The van der Waals surface area contributed by atoms with Crippen LogP contribution in [0, 0.1) is 17.3 Å². The fourth-order valence-corrected chi connectivity index (χ4v) is 7.31. The molecular weight excluding hydrogens is 609 g/mol. The maximum atomic E-state index is 14.3. The minimum absolute atomic E-state index is 0.118. The number of aliphatic hydroxyl groups is 1. The van der Waals surface area contributed by atoms with Crippen LogP contribution in [0.5, 0.6) is 0 Å². The van der Waals surface area contributed by atoms with Crippen LogP contribution in [0.1, 0.15) is 89.3 Å². The number of aliphatic hydroxyl groups excluding tert-OH is 1. The Hall–Kier alpha value is -3.42. The molecule has 3 aromatic carbocycles. The minimum atomic E-state index is -1.15. The molecule has 5 atom stereocenters. The maximum absolute atomic E-state index is 14.3. The third-order valence-electron chi connectivity index (χ3n) is 9.33. The molecule has 0 aliphatic rings. The fraction of sp³-hybridized carbons (Fsp3) is 0.475. The topological polar surface area (TPSA) is 89.9 Å². The van der Waals surface area contributed by atoms with Crippen LogP contribution in [0.3, 0.4) is 0 Å². The Bertz CT molecular complexity index is 1360. The fourth-order valence-electron chi connectivity index (χ4n) is 6.79. The van der Waals surface area contributed by atoms with E-state index in [0.29, 0.717) is 12.3 Å². The van der Waals surface area contributed by atoms with Crippen molar-refractivity contribution in [3.05, 3.63) is 108 Å². The van der Waals surface area contributed by atoms with Crippen molar-refractivity contribution in [3.8, 4) is 0 Å². The van der Waals surface area contributed by atoms with E-state index in [0.717, 1.165) is 42.2 Å². The van der Waals surface area contributed by atoms with Gasteiger partial charge in [-0.2, -0.15) is 0 Å². The van der Waals surface area contributed by atoms with Crippen LogP contribution in [0.4, 0.5) is 0 Å². The van der Waals surface area contributed by atoms with Crippen molar-refractivity contribution in [2.45, 2.75) is 84.2 Å². The molecule has 0 saturated heterocycles. The van der Waals surface area contributed by atoms with E-state index in [1.807, 2.05) is 49.4 Å². The standard InChI is InChI=1S/C40H52O6S/c1-7-29(2)23-33(32-17-11-8-12-18-32)25-40(34-19-13-9-14-20-34,35-21-15-10-16-22-35)28-39(5,24-30(3)37(43)45-6)38(44)46-26-36(42)27-47-31(4)41/h8-22,29-30,33,36,42H,7,23-28H2,1-6H3. The third kappa shape index (κ3) is 10.8. The third-order valence-corrected chi connectivity index (χ3v) is 10.3. The Balaban J connectivity index is 2.21. The highest BCUT2D eigenvalue weighted by molar-refractivity contribution is 8.13. The van der Waals surface area contributed by atoms with Crippen molar-refractivity contribution >= 4 is 28.8 Å². The van der Waals surface area contributed by atoms with Crippen LogP contribution in [0.25, 0.3) is 0 Å². The van der Waals surface area contributed by atoms with Gasteiger partial charge in [0, 0.05) is 18.1 Å². The summed E-state index contributed by atoms with van der Waals surface area (Å²) in [6.07, 6.45) is 2.30. The molecule has 0 aliphatic carbocycles. The van der Waals surface area contributed by atoms with E-state index in [2.05, 4.69) is 62.4 Å². The SMILES string of the molecule is CCC(C)CC(CC(CC(C)(CC(C)C(=O)OC)C(=O)OCC(O)CSC(C)=O)(c1ccccc1)c1ccccc1)c1ccccc1. The number of thioether (sulfide) groups is 1. The van der Waals surface area contributed by atoms with Crippen LogP contribution in [-0.2, 0) is 29.3 Å². The van der Waals surface area contributed by atoms with Gasteiger partial charge in [-0.05, 0) is 61.1 Å². The van der Waals surface area contributed by atoms with Crippen molar-refractivity contribution < 1.29 is 29.0 Å². The average molecular weight is 661 g/mol. The van der Waals surface area contributed by atoms with Gasteiger partial charge < -0.3 is 14.6 Å². The monoisotopic (exact) mass is 660 g/mol. The summed E-state index contributed by atoms with van der Waals surface area (Å²) in [5.41, 5.74) is 1.62. The van der Waals surface area contributed by atoms with Crippen molar-refractivity contribution in [1.29, 1.82) is 0 Å². The van der Waals surface area contributed by atoms with Crippen LogP contribution in [0.15, 0.2) is 91.0 Å². The zero-order valence-electron chi connectivity index (χ0n) is 28.8.